The molecule has 1 amide bonds. The molecule has 8 heteroatoms. The van der Waals surface area contributed by atoms with Crippen molar-refractivity contribution in [2.24, 2.45) is 5.92 Å². The van der Waals surface area contributed by atoms with Gasteiger partial charge in [0.1, 0.15) is 17.0 Å². The van der Waals surface area contributed by atoms with Gasteiger partial charge in [-0.3, -0.25) is 14.5 Å². The molecule has 204 valence electrons. The smallest absolute Gasteiger partial charge is 0.408 e. The summed E-state index contributed by atoms with van der Waals surface area (Å²) in [5.41, 5.74) is -0.492. The predicted octanol–water partition coefficient (Wildman–Crippen LogP) is 4.30. The molecular formula is C29H42N2O6. The molecule has 2 saturated carbocycles. The van der Waals surface area contributed by atoms with Crippen molar-refractivity contribution in [2.45, 2.75) is 102 Å². The number of hydrogen-bond acceptors (Lipinski definition) is 7. The third kappa shape index (κ3) is 5.35. The molecule has 1 aliphatic heterocycles. The first kappa shape index (κ1) is 27.4. The van der Waals surface area contributed by atoms with Gasteiger partial charge in [-0.2, -0.15) is 0 Å². The number of methoxy groups -OCH3 is 1. The summed E-state index contributed by atoms with van der Waals surface area (Å²) in [7, 11) is 1.62. The van der Waals surface area contributed by atoms with E-state index in [-0.39, 0.29) is 24.7 Å². The van der Waals surface area contributed by atoms with Crippen LogP contribution < -0.4 is 10.1 Å². The van der Waals surface area contributed by atoms with Crippen molar-refractivity contribution < 1.29 is 28.6 Å². The number of aryl methyl sites for hydroxylation is 1. The van der Waals surface area contributed by atoms with Gasteiger partial charge in [0.2, 0.25) is 0 Å². The van der Waals surface area contributed by atoms with Gasteiger partial charge in [0.25, 0.3) is 0 Å². The van der Waals surface area contributed by atoms with E-state index in [4.69, 9.17) is 14.2 Å². The molecule has 1 unspecified atom stereocenters. The van der Waals surface area contributed by atoms with E-state index >= 15 is 0 Å². The standard InChI is InChI=1S/C29H42N2O6/c1-18-8-11-22(35-7)14-23(18)28-12-13-31(17-21-9-10-21)19(2)29(28,36-20(3)32)15-24(25(33)16-28)30-26(34)37-27(4,5)6/h8,11,14,19,21,24H,9-10,12-13,15-17H2,1-7H3,(H,30,34)/t19-,24?,28-,29-/m1/s1. The van der Waals surface area contributed by atoms with Gasteiger partial charge in [-0.05, 0) is 89.6 Å². The Morgan fingerprint density at radius 1 is 1.22 bits per heavy atom. The second kappa shape index (κ2) is 9.93. The van der Waals surface area contributed by atoms with E-state index in [2.05, 4.69) is 17.1 Å². The van der Waals surface area contributed by atoms with Crippen LogP contribution in [-0.2, 0) is 24.5 Å². The third-order valence-corrected chi connectivity index (χ3v) is 8.40. The monoisotopic (exact) mass is 514 g/mol. The van der Waals surface area contributed by atoms with Gasteiger partial charge in [-0.1, -0.05) is 6.07 Å². The largest absolute Gasteiger partial charge is 0.497 e. The molecule has 4 atom stereocenters. The molecule has 4 rings (SSSR count). The van der Waals surface area contributed by atoms with Gasteiger partial charge in [-0.25, -0.2) is 4.79 Å². The van der Waals surface area contributed by atoms with Crippen molar-refractivity contribution in [3.63, 3.8) is 0 Å². The van der Waals surface area contributed by atoms with Crippen molar-refractivity contribution in [3.05, 3.63) is 29.3 Å². The minimum Gasteiger partial charge on any atom is -0.497 e. The average molecular weight is 515 g/mol. The van der Waals surface area contributed by atoms with E-state index < -0.39 is 34.7 Å². The molecular weight excluding hydrogens is 472 g/mol. The molecule has 0 spiro atoms. The zero-order chi connectivity index (χ0) is 27.2. The van der Waals surface area contributed by atoms with Gasteiger partial charge in [0.05, 0.1) is 13.2 Å². The Kier molecular flexibility index (Phi) is 7.36. The number of carbonyl (C=O) groups excluding carboxylic acids is 3. The summed E-state index contributed by atoms with van der Waals surface area (Å²) in [6.45, 7) is 12.6. The van der Waals surface area contributed by atoms with E-state index in [1.54, 1.807) is 27.9 Å². The number of carbonyl (C=O) groups is 3. The second-order valence-electron chi connectivity index (χ2n) is 12.2. The Morgan fingerprint density at radius 3 is 2.51 bits per heavy atom. The van der Waals surface area contributed by atoms with E-state index in [0.717, 1.165) is 24.2 Å². The third-order valence-electron chi connectivity index (χ3n) is 8.40. The summed E-state index contributed by atoms with van der Waals surface area (Å²) in [4.78, 5) is 41.6. The average Bonchev–Trinajstić information content (AvgIpc) is 3.61. The van der Waals surface area contributed by atoms with Crippen molar-refractivity contribution in [2.75, 3.05) is 20.2 Å². The summed E-state index contributed by atoms with van der Waals surface area (Å²) >= 11 is 0. The first-order valence-electron chi connectivity index (χ1n) is 13.4. The number of ketones is 1. The maximum atomic E-state index is 13.7. The Labute approximate surface area is 220 Å². The van der Waals surface area contributed by atoms with E-state index in [1.807, 2.05) is 25.1 Å². The van der Waals surface area contributed by atoms with Crippen LogP contribution in [0.5, 0.6) is 5.75 Å². The van der Waals surface area contributed by atoms with Crippen molar-refractivity contribution in [1.82, 2.24) is 10.2 Å². The molecule has 0 aromatic heterocycles. The fraction of sp³-hybridized carbons (Fsp3) is 0.690. The minimum absolute atomic E-state index is 0.0845. The number of ether oxygens (including phenoxy) is 3. The molecule has 8 nitrogen and oxygen atoms in total. The lowest BCUT2D eigenvalue weighted by molar-refractivity contribution is -0.202. The number of amides is 1. The van der Waals surface area contributed by atoms with Crippen molar-refractivity contribution >= 4 is 17.8 Å². The van der Waals surface area contributed by atoms with Crippen LogP contribution in [0.4, 0.5) is 4.79 Å². The van der Waals surface area contributed by atoms with Crippen LogP contribution in [0.3, 0.4) is 0 Å². The lowest BCUT2D eigenvalue weighted by Crippen LogP contribution is -2.74. The molecule has 3 fully saturated rings. The Bertz CT molecular complexity index is 1060. The molecule has 1 aromatic carbocycles. The minimum atomic E-state index is -1.03. The highest BCUT2D eigenvalue weighted by molar-refractivity contribution is 5.90. The quantitative estimate of drug-likeness (QED) is 0.566. The Morgan fingerprint density at radius 2 is 1.92 bits per heavy atom. The lowest BCUT2D eigenvalue weighted by Gasteiger charge is -2.62. The topological polar surface area (TPSA) is 94.2 Å². The number of alkyl carbamates (subject to hydrolysis) is 1. The highest BCUT2D eigenvalue weighted by Gasteiger charge is 2.66. The summed E-state index contributed by atoms with van der Waals surface area (Å²) in [6, 6.07) is 4.92. The van der Waals surface area contributed by atoms with Crippen LogP contribution in [0.25, 0.3) is 0 Å². The fourth-order valence-corrected chi connectivity index (χ4v) is 6.52. The van der Waals surface area contributed by atoms with Crippen LogP contribution in [0.15, 0.2) is 18.2 Å². The van der Waals surface area contributed by atoms with E-state index in [9.17, 15) is 14.4 Å². The van der Waals surface area contributed by atoms with Gasteiger partial charge in [0, 0.05) is 37.8 Å². The molecule has 37 heavy (non-hydrogen) atoms. The normalized spacial score (nSPS) is 30.3. The number of benzene rings is 1. The maximum Gasteiger partial charge on any atom is 0.408 e. The zero-order valence-electron chi connectivity index (χ0n) is 23.3. The number of esters is 1. The Balaban J connectivity index is 1.82. The fourth-order valence-electron chi connectivity index (χ4n) is 6.52. The van der Waals surface area contributed by atoms with Gasteiger partial charge in [0.15, 0.2) is 5.78 Å². The van der Waals surface area contributed by atoms with Crippen LogP contribution in [0.2, 0.25) is 0 Å². The number of nitrogens with one attached hydrogen (secondary N) is 1. The molecule has 1 heterocycles. The molecule has 0 radical (unpaired) electrons. The highest BCUT2D eigenvalue weighted by Crippen LogP contribution is 2.56. The van der Waals surface area contributed by atoms with Crippen LogP contribution in [0, 0.1) is 12.8 Å². The zero-order valence-corrected chi connectivity index (χ0v) is 23.3. The van der Waals surface area contributed by atoms with Crippen LogP contribution in [0.1, 0.15) is 77.8 Å². The van der Waals surface area contributed by atoms with Crippen LogP contribution in [-0.4, -0.2) is 66.2 Å². The van der Waals surface area contributed by atoms with Gasteiger partial charge < -0.3 is 19.5 Å². The summed E-state index contributed by atoms with van der Waals surface area (Å²) in [5.74, 6) is 0.874. The lowest BCUT2D eigenvalue weighted by atomic mass is 9.52. The molecule has 1 aromatic rings. The highest BCUT2D eigenvalue weighted by atomic mass is 16.6. The first-order chi connectivity index (χ1) is 17.3. The van der Waals surface area contributed by atoms with Crippen LogP contribution >= 0.6 is 0 Å². The summed E-state index contributed by atoms with van der Waals surface area (Å²) in [5, 5.41) is 2.81. The number of rotatable bonds is 6. The second-order valence-corrected chi connectivity index (χ2v) is 12.2. The summed E-state index contributed by atoms with van der Waals surface area (Å²) < 4.78 is 17.4. The number of fused-ring (bicyclic) bond motifs is 1. The number of hydrogen-bond donors (Lipinski definition) is 1. The SMILES string of the molecule is COc1ccc(C)c([C@]23CCN(CC4CC4)[C@H](C)[C@]2(OC(C)=O)CC(NC(=O)OC(C)(C)C)C(=O)C3)c1. The Hall–Kier alpha value is -2.61. The number of piperidine rings is 1. The molecule has 2 aliphatic carbocycles. The van der Waals surface area contributed by atoms with E-state index in [1.165, 1.54) is 19.8 Å². The molecule has 3 aliphatic rings. The van der Waals surface area contributed by atoms with Crippen molar-refractivity contribution in [1.29, 1.82) is 0 Å². The molecule has 1 N–H and O–H groups in total. The number of nitrogens with zero attached hydrogens (tertiary/aromatic N) is 1. The first-order valence-corrected chi connectivity index (χ1v) is 13.4. The van der Waals surface area contributed by atoms with E-state index in [0.29, 0.717) is 18.1 Å². The number of likely N-dealkylation sites (tertiary alicyclic amines) is 1. The maximum absolute atomic E-state index is 13.7. The molecule has 1 saturated heterocycles. The predicted molar refractivity (Wildman–Crippen MR) is 140 cm³/mol. The molecule has 0 bridgehead atoms. The number of Topliss-reactive ketones (excluding diaryl/α,β-unsaturated/α-hetero) is 1. The van der Waals surface area contributed by atoms with Gasteiger partial charge in [-0.15, -0.1) is 0 Å². The van der Waals surface area contributed by atoms with Gasteiger partial charge >= 0.3 is 12.1 Å². The summed E-state index contributed by atoms with van der Waals surface area (Å²) in [6.07, 6.45) is 2.78. The van der Waals surface area contributed by atoms with Crippen molar-refractivity contribution in [3.8, 4) is 5.75 Å².